The monoisotopic (exact) mass is 311 g/mol. The van der Waals surface area contributed by atoms with Gasteiger partial charge in [0.05, 0.1) is 18.4 Å². The van der Waals surface area contributed by atoms with Gasteiger partial charge in [-0.25, -0.2) is 13.2 Å². The Labute approximate surface area is 120 Å². The van der Waals surface area contributed by atoms with Crippen molar-refractivity contribution in [3.8, 4) is 5.75 Å². The van der Waals surface area contributed by atoms with E-state index in [0.29, 0.717) is 0 Å². The molecule has 0 aliphatic heterocycles. The van der Waals surface area contributed by atoms with Crippen LogP contribution in [0.4, 0.5) is 0 Å². The lowest BCUT2D eigenvalue weighted by molar-refractivity contribution is 0.0696. The highest BCUT2D eigenvalue weighted by Gasteiger charge is 2.23. The fraction of sp³-hybridized carbons (Fsp3) is 0.250. The molecule has 0 aliphatic carbocycles. The van der Waals surface area contributed by atoms with E-state index in [1.807, 2.05) is 0 Å². The first-order valence-electron chi connectivity index (χ1n) is 5.83. The molecule has 1 aromatic carbocycles. The second-order valence-corrected chi connectivity index (χ2v) is 6.27. The van der Waals surface area contributed by atoms with E-state index in [4.69, 9.17) is 9.84 Å². The molecule has 0 fully saturated rings. The van der Waals surface area contributed by atoms with Crippen molar-refractivity contribution >= 4 is 15.8 Å². The number of sulfone groups is 1. The van der Waals surface area contributed by atoms with E-state index in [1.54, 1.807) is 7.05 Å². The standard InChI is InChI=1S/C12H13N3O5S/c1-15-6-9(13-14-15)7-21(18,19)11-5-8(12(16)17)3-4-10(11)20-2/h3-6H,7H2,1-2H3,(H,16,17). The molecule has 0 bridgehead atoms. The molecule has 112 valence electrons. The minimum atomic E-state index is -3.80. The molecule has 2 rings (SSSR count). The minimum absolute atomic E-state index is 0.0869. The van der Waals surface area contributed by atoms with Crippen LogP contribution in [0.3, 0.4) is 0 Å². The summed E-state index contributed by atoms with van der Waals surface area (Å²) in [5.74, 6) is -1.52. The van der Waals surface area contributed by atoms with Gasteiger partial charge in [0.15, 0.2) is 9.84 Å². The molecular formula is C12H13N3O5S. The van der Waals surface area contributed by atoms with E-state index in [0.717, 1.165) is 6.07 Å². The Morgan fingerprint density at radius 2 is 2.14 bits per heavy atom. The van der Waals surface area contributed by atoms with E-state index in [1.165, 1.54) is 30.1 Å². The third kappa shape index (κ3) is 3.19. The van der Waals surface area contributed by atoms with Gasteiger partial charge in [0.2, 0.25) is 0 Å². The van der Waals surface area contributed by atoms with Crippen LogP contribution < -0.4 is 4.74 Å². The summed E-state index contributed by atoms with van der Waals surface area (Å²) in [6.07, 6.45) is 1.48. The second kappa shape index (κ2) is 5.52. The number of aromatic carboxylic acids is 1. The number of hydrogen-bond donors (Lipinski definition) is 1. The Morgan fingerprint density at radius 1 is 1.43 bits per heavy atom. The lowest BCUT2D eigenvalue weighted by Gasteiger charge is -2.09. The van der Waals surface area contributed by atoms with Crippen LogP contribution >= 0.6 is 0 Å². The Hall–Kier alpha value is -2.42. The number of methoxy groups -OCH3 is 1. The van der Waals surface area contributed by atoms with Gasteiger partial charge in [0, 0.05) is 13.2 Å². The van der Waals surface area contributed by atoms with Gasteiger partial charge >= 0.3 is 5.97 Å². The number of nitrogens with zero attached hydrogens (tertiary/aromatic N) is 3. The van der Waals surface area contributed by atoms with Crippen molar-refractivity contribution in [2.45, 2.75) is 10.6 Å². The molecule has 0 radical (unpaired) electrons. The van der Waals surface area contributed by atoms with E-state index in [2.05, 4.69) is 10.3 Å². The summed E-state index contributed by atoms with van der Waals surface area (Å²) >= 11 is 0. The van der Waals surface area contributed by atoms with Crippen LogP contribution in [0.1, 0.15) is 16.1 Å². The first-order chi connectivity index (χ1) is 9.83. The molecule has 0 saturated heterocycles. The van der Waals surface area contributed by atoms with Gasteiger partial charge in [-0.05, 0) is 18.2 Å². The molecule has 0 aliphatic rings. The molecule has 8 nitrogen and oxygen atoms in total. The van der Waals surface area contributed by atoms with E-state index in [-0.39, 0.29) is 27.7 Å². The highest BCUT2D eigenvalue weighted by molar-refractivity contribution is 7.90. The maximum Gasteiger partial charge on any atom is 0.335 e. The van der Waals surface area contributed by atoms with Crippen LogP contribution in [-0.4, -0.2) is 41.6 Å². The summed E-state index contributed by atoms with van der Waals surface area (Å²) < 4.78 is 31.2. The number of carbonyl (C=O) groups is 1. The van der Waals surface area contributed by atoms with Crippen molar-refractivity contribution in [1.29, 1.82) is 0 Å². The second-order valence-electron chi connectivity index (χ2n) is 4.31. The number of hydrogen-bond acceptors (Lipinski definition) is 6. The average molecular weight is 311 g/mol. The molecule has 0 saturated carbocycles. The molecule has 9 heteroatoms. The smallest absolute Gasteiger partial charge is 0.335 e. The molecule has 0 atom stereocenters. The molecule has 1 N–H and O–H groups in total. The zero-order valence-electron chi connectivity index (χ0n) is 11.3. The van der Waals surface area contributed by atoms with Crippen molar-refractivity contribution in [2.75, 3.05) is 7.11 Å². The van der Waals surface area contributed by atoms with Crippen LogP contribution in [0.5, 0.6) is 5.75 Å². The van der Waals surface area contributed by atoms with Gasteiger partial charge < -0.3 is 9.84 Å². The van der Waals surface area contributed by atoms with E-state index in [9.17, 15) is 13.2 Å². The van der Waals surface area contributed by atoms with Crippen LogP contribution in [0.2, 0.25) is 0 Å². The van der Waals surface area contributed by atoms with Gasteiger partial charge in [-0.3, -0.25) is 4.68 Å². The normalized spacial score (nSPS) is 11.3. The number of aromatic nitrogens is 3. The maximum absolute atomic E-state index is 12.4. The molecule has 1 aromatic heterocycles. The third-order valence-corrected chi connectivity index (χ3v) is 4.40. The first kappa shape index (κ1) is 15.0. The molecule has 1 heterocycles. The Balaban J connectivity index is 2.47. The van der Waals surface area contributed by atoms with Crippen molar-refractivity contribution in [3.05, 3.63) is 35.7 Å². The Kier molecular flexibility index (Phi) is 3.94. The van der Waals surface area contributed by atoms with Crippen LogP contribution in [0.25, 0.3) is 0 Å². The summed E-state index contributed by atoms with van der Waals surface area (Å²) in [4.78, 5) is 10.8. The Morgan fingerprint density at radius 3 is 2.67 bits per heavy atom. The summed E-state index contributed by atoms with van der Waals surface area (Å²) in [6.45, 7) is 0. The summed E-state index contributed by atoms with van der Waals surface area (Å²) in [6, 6.07) is 3.67. The van der Waals surface area contributed by atoms with E-state index >= 15 is 0 Å². The highest BCUT2D eigenvalue weighted by atomic mass is 32.2. The van der Waals surface area contributed by atoms with Gasteiger partial charge in [-0.15, -0.1) is 5.10 Å². The summed E-state index contributed by atoms with van der Waals surface area (Å²) in [5, 5.41) is 16.3. The first-order valence-corrected chi connectivity index (χ1v) is 7.48. The number of carboxylic acid groups (broad SMARTS) is 1. The minimum Gasteiger partial charge on any atom is -0.495 e. The molecule has 0 spiro atoms. The number of rotatable bonds is 5. The van der Waals surface area contributed by atoms with Gasteiger partial charge in [-0.2, -0.15) is 0 Å². The lowest BCUT2D eigenvalue weighted by atomic mass is 10.2. The molecular weight excluding hydrogens is 298 g/mol. The van der Waals surface area contributed by atoms with Crippen LogP contribution in [0.15, 0.2) is 29.3 Å². The van der Waals surface area contributed by atoms with E-state index < -0.39 is 15.8 Å². The number of ether oxygens (including phenoxy) is 1. The number of aryl methyl sites for hydroxylation is 1. The number of carboxylic acids is 1. The molecule has 2 aromatic rings. The van der Waals surface area contributed by atoms with Gasteiger partial charge in [0.25, 0.3) is 0 Å². The highest BCUT2D eigenvalue weighted by Crippen LogP contribution is 2.27. The van der Waals surface area contributed by atoms with Crippen molar-refractivity contribution < 1.29 is 23.1 Å². The lowest BCUT2D eigenvalue weighted by Crippen LogP contribution is -2.09. The summed E-state index contributed by atoms with van der Waals surface area (Å²) in [7, 11) is -0.867. The molecule has 21 heavy (non-hydrogen) atoms. The predicted molar refractivity (Wildman–Crippen MR) is 71.8 cm³/mol. The SMILES string of the molecule is COc1ccc(C(=O)O)cc1S(=O)(=O)Cc1cn(C)nn1. The van der Waals surface area contributed by atoms with Gasteiger partial charge in [-0.1, -0.05) is 5.21 Å². The van der Waals surface area contributed by atoms with Crippen LogP contribution in [0, 0.1) is 0 Å². The maximum atomic E-state index is 12.4. The Bertz CT molecular complexity index is 782. The van der Waals surface area contributed by atoms with Crippen LogP contribution in [-0.2, 0) is 22.6 Å². The molecule has 0 unspecified atom stereocenters. The third-order valence-electron chi connectivity index (χ3n) is 2.73. The van der Waals surface area contributed by atoms with Crippen molar-refractivity contribution in [3.63, 3.8) is 0 Å². The fourth-order valence-corrected chi connectivity index (χ4v) is 3.23. The van der Waals surface area contributed by atoms with Gasteiger partial charge in [0.1, 0.15) is 16.4 Å². The fourth-order valence-electron chi connectivity index (χ4n) is 1.79. The predicted octanol–water partition coefficient (Wildman–Crippen LogP) is 0.496. The van der Waals surface area contributed by atoms with Crippen molar-refractivity contribution in [1.82, 2.24) is 15.0 Å². The zero-order chi connectivity index (χ0) is 15.6. The van der Waals surface area contributed by atoms with Crippen molar-refractivity contribution in [2.24, 2.45) is 7.05 Å². The zero-order valence-corrected chi connectivity index (χ0v) is 12.2. The quantitative estimate of drug-likeness (QED) is 0.855. The molecule has 0 amide bonds. The number of benzene rings is 1. The topological polar surface area (TPSA) is 111 Å². The summed E-state index contributed by atoms with van der Waals surface area (Å²) in [5.41, 5.74) is 0.133. The largest absolute Gasteiger partial charge is 0.495 e. The average Bonchev–Trinajstić information content (AvgIpc) is 2.82.